The van der Waals surface area contributed by atoms with Gasteiger partial charge in [-0.15, -0.1) is 0 Å². The lowest BCUT2D eigenvalue weighted by atomic mass is 9.61. The first-order chi connectivity index (χ1) is 9.18. The maximum absolute atomic E-state index is 10.4. The van der Waals surface area contributed by atoms with Crippen LogP contribution < -0.4 is 0 Å². The van der Waals surface area contributed by atoms with Gasteiger partial charge < -0.3 is 10.2 Å². The summed E-state index contributed by atoms with van der Waals surface area (Å²) in [7, 11) is 0. The van der Waals surface area contributed by atoms with Crippen LogP contribution in [0.3, 0.4) is 0 Å². The van der Waals surface area contributed by atoms with Gasteiger partial charge in [0.1, 0.15) is 0 Å². The van der Waals surface area contributed by atoms with Crippen molar-refractivity contribution in [2.75, 3.05) is 0 Å². The maximum atomic E-state index is 10.4. The van der Waals surface area contributed by atoms with Crippen molar-refractivity contribution < 1.29 is 10.2 Å². The Kier molecular flexibility index (Phi) is 2.31. The van der Waals surface area contributed by atoms with Gasteiger partial charge in [-0.25, -0.2) is 0 Å². The van der Waals surface area contributed by atoms with Crippen LogP contribution in [0.25, 0.3) is 0 Å². The smallest absolute Gasteiger partial charge is 0.0917 e. The molecular weight excluding hydrogens is 260 g/mol. The molecule has 0 aliphatic heterocycles. The van der Waals surface area contributed by atoms with Crippen LogP contribution >= 0.6 is 11.6 Å². The summed E-state index contributed by atoms with van der Waals surface area (Å²) in [5.74, 6) is -0.326. The molecular formula is C16H13ClO2. The molecule has 0 spiro atoms. The monoisotopic (exact) mass is 272 g/mol. The molecule has 96 valence electrons. The summed E-state index contributed by atoms with van der Waals surface area (Å²) in [6.07, 6.45) is -1.50. The van der Waals surface area contributed by atoms with Gasteiger partial charge in [0.15, 0.2) is 0 Å². The van der Waals surface area contributed by atoms with Crippen LogP contribution in [-0.2, 0) is 0 Å². The molecule has 2 N–H and O–H groups in total. The summed E-state index contributed by atoms with van der Waals surface area (Å²) < 4.78 is 0. The van der Waals surface area contributed by atoms with Gasteiger partial charge in [-0.3, -0.25) is 0 Å². The van der Waals surface area contributed by atoms with Crippen LogP contribution in [0.15, 0.2) is 42.5 Å². The molecule has 0 radical (unpaired) electrons. The quantitative estimate of drug-likeness (QED) is 0.774. The third kappa shape index (κ3) is 1.39. The van der Waals surface area contributed by atoms with Gasteiger partial charge in [0.2, 0.25) is 0 Å². The van der Waals surface area contributed by atoms with Crippen molar-refractivity contribution in [3.63, 3.8) is 0 Å². The van der Waals surface area contributed by atoms with Gasteiger partial charge in [0, 0.05) is 16.9 Å². The lowest BCUT2D eigenvalue weighted by molar-refractivity contribution is -0.0154. The summed E-state index contributed by atoms with van der Waals surface area (Å²) in [5, 5.41) is 21.4. The van der Waals surface area contributed by atoms with Crippen molar-refractivity contribution >= 4 is 11.6 Å². The van der Waals surface area contributed by atoms with E-state index in [-0.39, 0.29) is 11.8 Å². The minimum absolute atomic E-state index is 0.150. The van der Waals surface area contributed by atoms with Crippen LogP contribution in [0.4, 0.5) is 0 Å². The van der Waals surface area contributed by atoms with Crippen molar-refractivity contribution in [1.82, 2.24) is 0 Å². The van der Waals surface area contributed by atoms with E-state index in [4.69, 9.17) is 11.6 Å². The molecule has 0 fully saturated rings. The first kappa shape index (κ1) is 11.5. The van der Waals surface area contributed by atoms with Crippen LogP contribution in [-0.4, -0.2) is 22.4 Å². The minimum atomic E-state index is -0.758. The number of aliphatic hydroxyl groups is 2. The largest absolute Gasteiger partial charge is 0.389 e. The Morgan fingerprint density at radius 2 is 1.26 bits per heavy atom. The molecule has 3 aliphatic carbocycles. The average molecular weight is 273 g/mol. The Balaban J connectivity index is 2.05. The number of benzene rings is 2. The molecule has 4 atom stereocenters. The maximum Gasteiger partial charge on any atom is 0.0917 e. The molecule has 0 unspecified atom stereocenters. The molecule has 0 saturated carbocycles. The molecule has 19 heavy (non-hydrogen) atoms. The van der Waals surface area contributed by atoms with E-state index >= 15 is 0 Å². The Morgan fingerprint density at radius 1 is 0.737 bits per heavy atom. The lowest BCUT2D eigenvalue weighted by Crippen LogP contribution is -2.47. The third-order valence-electron chi connectivity index (χ3n) is 4.42. The zero-order valence-electron chi connectivity index (χ0n) is 10.1. The van der Waals surface area contributed by atoms with E-state index in [0.717, 1.165) is 22.3 Å². The second-order valence-corrected chi connectivity index (χ2v) is 5.78. The molecule has 2 nitrogen and oxygen atoms in total. The summed E-state index contributed by atoms with van der Waals surface area (Å²) >= 11 is 6.08. The van der Waals surface area contributed by atoms with E-state index in [1.807, 2.05) is 42.5 Å². The number of halogens is 1. The predicted molar refractivity (Wildman–Crippen MR) is 73.6 cm³/mol. The topological polar surface area (TPSA) is 40.5 Å². The standard InChI is InChI=1S/C16H13ClO2/c17-8-5-6-11-12(7-8)14-10-4-2-1-3-9(10)13(11)15(18)16(14)19/h1-7,13-16,18-19H/t13-,14+,15-,16+/m1/s1. The highest BCUT2D eigenvalue weighted by molar-refractivity contribution is 6.30. The van der Waals surface area contributed by atoms with Crippen molar-refractivity contribution in [3.8, 4) is 0 Å². The number of fused-ring (bicyclic) bond motifs is 1. The number of hydrogen-bond acceptors (Lipinski definition) is 2. The van der Waals surface area contributed by atoms with Gasteiger partial charge in [0.25, 0.3) is 0 Å². The number of rotatable bonds is 0. The second kappa shape index (κ2) is 3.83. The summed E-state index contributed by atoms with van der Waals surface area (Å²) in [6, 6.07) is 13.8. The van der Waals surface area contributed by atoms with Crippen molar-refractivity contribution in [2.45, 2.75) is 24.0 Å². The Morgan fingerprint density at radius 3 is 1.89 bits per heavy atom. The second-order valence-electron chi connectivity index (χ2n) is 5.34. The van der Waals surface area contributed by atoms with E-state index in [2.05, 4.69) is 0 Å². The Bertz CT molecular complexity index is 668. The van der Waals surface area contributed by atoms with Crippen molar-refractivity contribution in [2.24, 2.45) is 0 Å². The Hall–Kier alpha value is -1.35. The molecule has 0 saturated heterocycles. The highest BCUT2D eigenvalue weighted by Crippen LogP contribution is 2.53. The third-order valence-corrected chi connectivity index (χ3v) is 4.65. The van der Waals surface area contributed by atoms with Crippen LogP contribution in [0.1, 0.15) is 34.1 Å². The normalized spacial score (nSPS) is 30.9. The van der Waals surface area contributed by atoms with Gasteiger partial charge >= 0.3 is 0 Å². The molecule has 2 bridgehead atoms. The Labute approximate surface area is 116 Å². The van der Waals surface area contributed by atoms with Crippen LogP contribution in [0.5, 0.6) is 0 Å². The van der Waals surface area contributed by atoms with Gasteiger partial charge in [0.05, 0.1) is 12.2 Å². The molecule has 3 heteroatoms. The molecule has 2 aromatic rings. The van der Waals surface area contributed by atoms with Gasteiger partial charge in [-0.05, 0) is 34.4 Å². The summed E-state index contributed by atoms with van der Waals surface area (Å²) in [5.41, 5.74) is 4.38. The first-order valence-electron chi connectivity index (χ1n) is 6.43. The SMILES string of the molecule is O[C@@H]1[C@@H]2c3ccccc3[C@@H](c3cc(Cl)ccc32)[C@@H]1O. The highest BCUT2D eigenvalue weighted by Gasteiger charge is 2.48. The molecule has 3 aliphatic rings. The van der Waals surface area contributed by atoms with Crippen molar-refractivity contribution in [1.29, 1.82) is 0 Å². The van der Waals surface area contributed by atoms with Gasteiger partial charge in [-0.1, -0.05) is 41.9 Å². The predicted octanol–water partition coefficient (Wildman–Crippen LogP) is 2.65. The fourth-order valence-electron chi connectivity index (χ4n) is 3.64. The lowest BCUT2D eigenvalue weighted by Gasteiger charge is -2.46. The summed E-state index contributed by atoms with van der Waals surface area (Å²) in [6.45, 7) is 0. The number of hydrogen-bond donors (Lipinski definition) is 2. The van der Waals surface area contributed by atoms with Crippen LogP contribution in [0.2, 0.25) is 5.02 Å². The van der Waals surface area contributed by atoms with E-state index in [0.29, 0.717) is 5.02 Å². The van der Waals surface area contributed by atoms with E-state index in [1.54, 1.807) is 0 Å². The fourth-order valence-corrected chi connectivity index (χ4v) is 3.82. The van der Waals surface area contributed by atoms with Crippen molar-refractivity contribution in [3.05, 3.63) is 69.7 Å². The van der Waals surface area contributed by atoms with Crippen LogP contribution in [0, 0.1) is 0 Å². The van der Waals surface area contributed by atoms with E-state index < -0.39 is 12.2 Å². The number of aliphatic hydroxyl groups excluding tert-OH is 2. The van der Waals surface area contributed by atoms with E-state index in [9.17, 15) is 10.2 Å². The highest BCUT2D eigenvalue weighted by atomic mass is 35.5. The average Bonchev–Trinajstić information content (AvgIpc) is 2.42. The molecule has 2 aromatic carbocycles. The fraction of sp³-hybridized carbons (Fsp3) is 0.250. The first-order valence-corrected chi connectivity index (χ1v) is 6.80. The molecule has 0 aromatic heterocycles. The van der Waals surface area contributed by atoms with E-state index in [1.165, 1.54) is 0 Å². The molecule has 0 heterocycles. The zero-order chi connectivity index (χ0) is 13.1. The summed E-state index contributed by atoms with van der Waals surface area (Å²) in [4.78, 5) is 0. The zero-order valence-corrected chi connectivity index (χ0v) is 10.9. The van der Waals surface area contributed by atoms with Gasteiger partial charge in [-0.2, -0.15) is 0 Å². The minimum Gasteiger partial charge on any atom is -0.389 e. The molecule has 0 amide bonds. The molecule has 5 rings (SSSR count).